The van der Waals surface area contributed by atoms with E-state index in [0.717, 1.165) is 18.9 Å². The first-order valence-electron chi connectivity index (χ1n) is 7.49. The Hall–Kier alpha value is -0.770. The highest BCUT2D eigenvalue weighted by Crippen LogP contribution is 2.33. The van der Waals surface area contributed by atoms with Crippen molar-refractivity contribution in [2.24, 2.45) is 16.8 Å². The Balaban J connectivity index is 2.03. The molecule has 2 rings (SSSR count). The fourth-order valence-corrected chi connectivity index (χ4v) is 3.71. The number of likely N-dealkylation sites (tertiary alicyclic amines) is 1. The van der Waals surface area contributed by atoms with Crippen molar-refractivity contribution in [3.05, 3.63) is 0 Å². The summed E-state index contributed by atoms with van der Waals surface area (Å²) >= 11 is 0. The molecule has 1 aliphatic heterocycles. The van der Waals surface area contributed by atoms with Gasteiger partial charge in [0.25, 0.3) is 0 Å². The molecule has 1 heterocycles. The van der Waals surface area contributed by atoms with E-state index >= 15 is 0 Å². The molecule has 0 aromatic heterocycles. The van der Waals surface area contributed by atoms with E-state index < -0.39 is 0 Å². The van der Waals surface area contributed by atoms with Crippen LogP contribution in [-0.2, 0) is 0 Å². The molecule has 4 heteroatoms. The third-order valence-corrected chi connectivity index (χ3v) is 4.80. The molecular weight excluding hydrogens is 226 g/mol. The average Bonchev–Trinajstić information content (AvgIpc) is 2.46. The fourth-order valence-electron chi connectivity index (χ4n) is 3.71. The van der Waals surface area contributed by atoms with Gasteiger partial charge in [0.05, 0.1) is 6.04 Å². The zero-order chi connectivity index (χ0) is 13.0. The fraction of sp³-hybridized carbons (Fsp3) is 0.929. The predicted molar refractivity (Wildman–Crippen MR) is 73.8 cm³/mol. The van der Waals surface area contributed by atoms with E-state index in [0.29, 0.717) is 11.9 Å². The minimum absolute atomic E-state index is 0.171. The van der Waals surface area contributed by atoms with E-state index in [4.69, 9.17) is 10.9 Å². The number of amidine groups is 1. The summed E-state index contributed by atoms with van der Waals surface area (Å²) in [7, 11) is 0. The van der Waals surface area contributed by atoms with Gasteiger partial charge in [-0.1, -0.05) is 37.8 Å². The number of rotatable bonds is 3. The molecule has 0 aromatic carbocycles. The molecule has 0 bridgehead atoms. The van der Waals surface area contributed by atoms with Crippen LogP contribution in [0, 0.1) is 5.92 Å². The van der Waals surface area contributed by atoms with Crippen LogP contribution in [0.4, 0.5) is 0 Å². The van der Waals surface area contributed by atoms with E-state index in [2.05, 4.69) is 17.0 Å². The van der Waals surface area contributed by atoms with Crippen molar-refractivity contribution in [2.75, 3.05) is 6.54 Å². The molecule has 3 N–H and O–H groups in total. The van der Waals surface area contributed by atoms with Gasteiger partial charge in [0.2, 0.25) is 0 Å². The minimum atomic E-state index is 0.171. The number of nitrogens with two attached hydrogens (primary N) is 1. The van der Waals surface area contributed by atoms with E-state index in [1.165, 1.54) is 44.9 Å². The van der Waals surface area contributed by atoms with Crippen LogP contribution in [0.2, 0.25) is 0 Å². The summed E-state index contributed by atoms with van der Waals surface area (Å²) in [5.74, 6) is 1.28. The van der Waals surface area contributed by atoms with Gasteiger partial charge in [-0.3, -0.25) is 4.90 Å². The minimum Gasteiger partial charge on any atom is -0.409 e. The average molecular weight is 253 g/mol. The number of nitrogens with zero attached hydrogens (tertiary/aromatic N) is 2. The SMILES string of the molecule is CCC1CCCC(N2CCCCC2C(N)=NO)C1. The van der Waals surface area contributed by atoms with Crippen LogP contribution in [0.3, 0.4) is 0 Å². The van der Waals surface area contributed by atoms with Crippen molar-refractivity contribution in [1.29, 1.82) is 0 Å². The summed E-state index contributed by atoms with van der Waals surface area (Å²) < 4.78 is 0. The Labute approximate surface area is 110 Å². The van der Waals surface area contributed by atoms with E-state index in [9.17, 15) is 0 Å². The highest BCUT2D eigenvalue weighted by molar-refractivity contribution is 5.85. The summed E-state index contributed by atoms with van der Waals surface area (Å²) in [6.07, 6.45) is 10.1. The molecule has 0 spiro atoms. The predicted octanol–water partition coefficient (Wildman–Crippen LogP) is 2.56. The second-order valence-corrected chi connectivity index (χ2v) is 5.87. The second-order valence-electron chi connectivity index (χ2n) is 5.87. The molecule has 1 saturated carbocycles. The lowest BCUT2D eigenvalue weighted by Crippen LogP contribution is -2.53. The number of hydrogen-bond donors (Lipinski definition) is 2. The van der Waals surface area contributed by atoms with Gasteiger partial charge in [-0.2, -0.15) is 0 Å². The third kappa shape index (κ3) is 2.97. The molecule has 2 aliphatic rings. The molecule has 4 nitrogen and oxygen atoms in total. The quantitative estimate of drug-likeness (QED) is 0.352. The topological polar surface area (TPSA) is 61.8 Å². The van der Waals surface area contributed by atoms with E-state index in [1.54, 1.807) is 0 Å². The summed E-state index contributed by atoms with van der Waals surface area (Å²) in [5.41, 5.74) is 5.87. The second kappa shape index (κ2) is 6.41. The first-order chi connectivity index (χ1) is 8.76. The lowest BCUT2D eigenvalue weighted by Gasteiger charge is -2.43. The van der Waals surface area contributed by atoms with Crippen LogP contribution in [0.1, 0.15) is 58.3 Å². The highest BCUT2D eigenvalue weighted by Gasteiger charge is 2.33. The summed E-state index contributed by atoms with van der Waals surface area (Å²) in [4.78, 5) is 2.51. The molecule has 0 amide bonds. The van der Waals surface area contributed by atoms with Crippen LogP contribution in [0.15, 0.2) is 5.16 Å². The Bertz CT molecular complexity index is 293. The van der Waals surface area contributed by atoms with Gasteiger partial charge in [0, 0.05) is 6.04 Å². The van der Waals surface area contributed by atoms with Crippen molar-refractivity contribution < 1.29 is 5.21 Å². The monoisotopic (exact) mass is 253 g/mol. The van der Waals surface area contributed by atoms with Crippen molar-refractivity contribution in [2.45, 2.75) is 70.4 Å². The Morgan fingerprint density at radius 1 is 1.28 bits per heavy atom. The smallest absolute Gasteiger partial charge is 0.156 e. The lowest BCUT2D eigenvalue weighted by molar-refractivity contribution is 0.0833. The third-order valence-electron chi connectivity index (χ3n) is 4.80. The Kier molecular flexibility index (Phi) is 4.87. The van der Waals surface area contributed by atoms with Crippen LogP contribution < -0.4 is 5.73 Å². The molecule has 1 saturated heterocycles. The van der Waals surface area contributed by atoms with Gasteiger partial charge in [0.1, 0.15) is 0 Å². The lowest BCUT2D eigenvalue weighted by atomic mass is 9.82. The van der Waals surface area contributed by atoms with Crippen molar-refractivity contribution in [3.63, 3.8) is 0 Å². The maximum absolute atomic E-state index is 8.94. The molecule has 3 atom stereocenters. The van der Waals surface area contributed by atoms with Gasteiger partial charge in [-0.05, 0) is 38.1 Å². The van der Waals surface area contributed by atoms with E-state index in [-0.39, 0.29) is 6.04 Å². The Morgan fingerprint density at radius 2 is 2.11 bits per heavy atom. The van der Waals surface area contributed by atoms with Gasteiger partial charge < -0.3 is 10.9 Å². The maximum atomic E-state index is 8.94. The zero-order valence-corrected chi connectivity index (χ0v) is 11.5. The summed E-state index contributed by atoms with van der Waals surface area (Å²) in [6.45, 7) is 3.41. The largest absolute Gasteiger partial charge is 0.409 e. The first-order valence-corrected chi connectivity index (χ1v) is 7.49. The zero-order valence-electron chi connectivity index (χ0n) is 11.5. The highest BCUT2D eigenvalue weighted by atomic mass is 16.4. The Morgan fingerprint density at radius 3 is 2.83 bits per heavy atom. The van der Waals surface area contributed by atoms with Gasteiger partial charge >= 0.3 is 0 Å². The normalized spacial score (nSPS) is 35.6. The van der Waals surface area contributed by atoms with Crippen molar-refractivity contribution in [1.82, 2.24) is 4.90 Å². The molecule has 0 radical (unpaired) electrons. The maximum Gasteiger partial charge on any atom is 0.156 e. The van der Waals surface area contributed by atoms with E-state index in [1.807, 2.05) is 0 Å². The molecule has 104 valence electrons. The summed E-state index contributed by atoms with van der Waals surface area (Å²) in [6, 6.07) is 0.818. The standard InChI is InChI=1S/C14H27N3O/c1-2-11-6-5-7-12(10-11)17-9-4-3-8-13(17)14(15)16-18/h11-13,18H,2-10H2,1H3,(H2,15,16). The van der Waals surface area contributed by atoms with Gasteiger partial charge in [0.15, 0.2) is 5.84 Å². The van der Waals surface area contributed by atoms with Crippen LogP contribution in [0.25, 0.3) is 0 Å². The molecule has 3 unspecified atom stereocenters. The van der Waals surface area contributed by atoms with Crippen molar-refractivity contribution in [3.8, 4) is 0 Å². The molecule has 1 aliphatic carbocycles. The first kappa shape index (κ1) is 13.7. The van der Waals surface area contributed by atoms with Crippen LogP contribution in [0.5, 0.6) is 0 Å². The number of oxime groups is 1. The van der Waals surface area contributed by atoms with Crippen molar-refractivity contribution >= 4 is 5.84 Å². The molecule has 0 aromatic rings. The van der Waals surface area contributed by atoms with Gasteiger partial charge in [-0.15, -0.1) is 0 Å². The molecule has 18 heavy (non-hydrogen) atoms. The van der Waals surface area contributed by atoms with Gasteiger partial charge in [-0.25, -0.2) is 0 Å². The number of hydrogen-bond acceptors (Lipinski definition) is 3. The van der Waals surface area contributed by atoms with Crippen LogP contribution in [-0.4, -0.2) is 34.6 Å². The summed E-state index contributed by atoms with van der Waals surface area (Å²) in [5, 5.41) is 12.2. The molecular formula is C14H27N3O. The number of piperidine rings is 1. The van der Waals surface area contributed by atoms with Crippen LogP contribution >= 0.6 is 0 Å². The molecule has 2 fully saturated rings.